The molecule has 1 atom stereocenters. The van der Waals surface area contributed by atoms with E-state index in [1.165, 1.54) is 7.11 Å². The van der Waals surface area contributed by atoms with E-state index < -0.39 is 12.1 Å². The van der Waals surface area contributed by atoms with Crippen molar-refractivity contribution in [3.8, 4) is 0 Å². The topological polar surface area (TPSA) is 80.6 Å². The van der Waals surface area contributed by atoms with Crippen molar-refractivity contribution in [2.75, 3.05) is 13.7 Å². The zero-order chi connectivity index (χ0) is 15.4. The van der Waals surface area contributed by atoms with Crippen LogP contribution in [-0.4, -0.2) is 41.3 Å². The molecule has 0 radical (unpaired) electrons. The average molecular weight is 290 g/mol. The van der Waals surface area contributed by atoms with Gasteiger partial charge in [0, 0.05) is 37.8 Å². The van der Waals surface area contributed by atoms with Gasteiger partial charge in [-0.2, -0.15) is 0 Å². The highest BCUT2D eigenvalue weighted by molar-refractivity contribution is 6.06. The van der Waals surface area contributed by atoms with Gasteiger partial charge in [0.05, 0.1) is 18.1 Å². The van der Waals surface area contributed by atoms with E-state index in [1.54, 1.807) is 6.20 Å². The number of carbonyl (C=O) groups is 2. The predicted molar refractivity (Wildman–Crippen MR) is 78.3 cm³/mol. The first-order chi connectivity index (χ1) is 10.0. The maximum atomic E-state index is 12.3. The van der Waals surface area contributed by atoms with E-state index in [1.807, 2.05) is 35.9 Å². The summed E-state index contributed by atoms with van der Waals surface area (Å²) >= 11 is 0. The average Bonchev–Trinajstić information content (AvgIpc) is 2.80. The normalized spacial score (nSPS) is 12.3. The molecule has 0 bridgehead atoms. The number of carbonyl (C=O) groups excluding carboxylic acids is 1. The molecule has 21 heavy (non-hydrogen) atoms. The smallest absolute Gasteiger partial charge is 0.306 e. The lowest BCUT2D eigenvalue weighted by atomic mass is 10.1. The number of nitrogens with zero attached hydrogens (tertiary/aromatic N) is 1. The Bertz CT molecular complexity index is 663. The largest absolute Gasteiger partial charge is 0.481 e. The van der Waals surface area contributed by atoms with Crippen molar-refractivity contribution in [2.24, 2.45) is 7.05 Å². The zero-order valence-corrected chi connectivity index (χ0v) is 12.0. The number of carboxylic acid groups (broad SMARTS) is 1. The SMILES string of the molecule is COC(CNC(=O)c1cn(C)c2ccccc12)CC(=O)O. The number of aliphatic carboxylic acids is 1. The third-order valence-corrected chi connectivity index (χ3v) is 3.37. The Labute approximate surface area is 122 Å². The van der Waals surface area contributed by atoms with Crippen molar-refractivity contribution in [1.29, 1.82) is 0 Å². The summed E-state index contributed by atoms with van der Waals surface area (Å²) < 4.78 is 6.92. The van der Waals surface area contributed by atoms with Gasteiger partial charge in [0.15, 0.2) is 0 Å². The first-order valence-corrected chi connectivity index (χ1v) is 6.59. The second-order valence-corrected chi connectivity index (χ2v) is 4.84. The van der Waals surface area contributed by atoms with Crippen LogP contribution in [-0.2, 0) is 16.6 Å². The summed E-state index contributed by atoms with van der Waals surface area (Å²) in [5, 5.41) is 12.3. The summed E-state index contributed by atoms with van der Waals surface area (Å²) in [6.45, 7) is 0.158. The molecular weight excluding hydrogens is 272 g/mol. The molecular formula is C15H18N2O4. The van der Waals surface area contributed by atoms with Gasteiger partial charge in [-0.25, -0.2) is 0 Å². The van der Waals surface area contributed by atoms with Gasteiger partial charge in [0.1, 0.15) is 0 Å². The first kappa shape index (κ1) is 15.1. The number of methoxy groups -OCH3 is 1. The van der Waals surface area contributed by atoms with Gasteiger partial charge in [0.25, 0.3) is 5.91 Å². The lowest BCUT2D eigenvalue weighted by Gasteiger charge is -2.13. The number of aryl methyl sites for hydroxylation is 1. The Morgan fingerprint density at radius 1 is 1.38 bits per heavy atom. The molecule has 0 saturated carbocycles. The van der Waals surface area contributed by atoms with Crippen molar-refractivity contribution in [3.63, 3.8) is 0 Å². The third-order valence-electron chi connectivity index (χ3n) is 3.37. The monoisotopic (exact) mass is 290 g/mol. The van der Waals surface area contributed by atoms with E-state index in [-0.39, 0.29) is 18.9 Å². The van der Waals surface area contributed by atoms with Gasteiger partial charge in [-0.3, -0.25) is 9.59 Å². The van der Waals surface area contributed by atoms with Gasteiger partial charge in [-0.05, 0) is 6.07 Å². The summed E-state index contributed by atoms with van der Waals surface area (Å²) in [5.41, 5.74) is 1.54. The molecule has 1 heterocycles. The molecule has 2 rings (SSSR count). The number of ether oxygens (including phenoxy) is 1. The van der Waals surface area contributed by atoms with Crippen LogP contribution in [0.2, 0.25) is 0 Å². The summed E-state index contributed by atoms with van der Waals surface area (Å²) in [4.78, 5) is 22.9. The first-order valence-electron chi connectivity index (χ1n) is 6.59. The molecule has 6 nitrogen and oxygen atoms in total. The fraction of sp³-hybridized carbons (Fsp3) is 0.333. The molecule has 0 aliphatic carbocycles. The molecule has 0 spiro atoms. The highest BCUT2D eigenvalue weighted by Crippen LogP contribution is 2.20. The van der Waals surface area contributed by atoms with Crippen molar-refractivity contribution < 1.29 is 19.4 Å². The Morgan fingerprint density at radius 2 is 2.10 bits per heavy atom. The molecule has 6 heteroatoms. The highest BCUT2D eigenvalue weighted by Gasteiger charge is 2.17. The van der Waals surface area contributed by atoms with Crippen LogP contribution in [0.25, 0.3) is 10.9 Å². The molecule has 1 aromatic heterocycles. The summed E-state index contributed by atoms with van der Waals surface area (Å²) in [7, 11) is 3.30. The number of benzene rings is 1. The summed E-state index contributed by atoms with van der Waals surface area (Å²) in [6.07, 6.45) is 1.08. The standard InChI is InChI=1S/C15H18N2O4/c1-17-9-12(11-5-3-4-6-13(11)17)15(20)16-8-10(21-2)7-14(18)19/h3-6,9-10H,7-8H2,1-2H3,(H,16,20)(H,18,19). The van der Waals surface area contributed by atoms with Gasteiger partial charge < -0.3 is 19.7 Å². The third kappa shape index (κ3) is 3.41. The van der Waals surface area contributed by atoms with E-state index in [9.17, 15) is 9.59 Å². The predicted octanol–water partition coefficient (Wildman–Crippen LogP) is 1.40. The Morgan fingerprint density at radius 3 is 2.76 bits per heavy atom. The molecule has 1 unspecified atom stereocenters. The Kier molecular flexibility index (Phi) is 4.59. The minimum absolute atomic E-state index is 0.147. The second-order valence-electron chi connectivity index (χ2n) is 4.84. The van der Waals surface area contributed by atoms with Gasteiger partial charge in [-0.1, -0.05) is 18.2 Å². The van der Waals surface area contributed by atoms with Gasteiger partial charge in [0.2, 0.25) is 0 Å². The minimum Gasteiger partial charge on any atom is -0.481 e. The number of fused-ring (bicyclic) bond motifs is 1. The molecule has 0 aliphatic heterocycles. The van der Waals surface area contributed by atoms with Crippen molar-refractivity contribution in [3.05, 3.63) is 36.0 Å². The van der Waals surface area contributed by atoms with E-state index in [4.69, 9.17) is 9.84 Å². The molecule has 0 aliphatic rings. The van der Waals surface area contributed by atoms with Crippen LogP contribution in [0.15, 0.2) is 30.5 Å². The van der Waals surface area contributed by atoms with E-state index in [0.717, 1.165) is 10.9 Å². The molecule has 0 saturated heterocycles. The quantitative estimate of drug-likeness (QED) is 0.842. The van der Waals surface area contributed by atoms with Crippen LogP contribution in [0.3, 0.4) is 0 Å². The van der Waals surface area contributed by atoms with Gasteiger partial charge in [-0.15, -0.1) is 0 Å². The fourth-order valence-electron chi connectivity index (χ4n) is 2.26. The van der Waals surface area contributed by atoms with E-state index in [2.05, 4.69) is 5.32 Å². The number of amides is 1. The molecule has 0 fully saturated rings. The van der Waals surface area contributed by atoms with Crippen LogP contribution in [0.5, 0.6) is 0 Å². The maximum Gasteiger partial charge on any atom is 0.306 e. The number of hydrogen-bond acceptors (Lipinski definition) is 3. The van der Waals surface area contributed by atoms with E-state index >= 15 is 0 Å². The zero-order valence-electron chi connectivity index (χ0n) is 12.0. The van der Waals surface area contributed by atoms with Crippen LogP contribution in [0.4, 0.5) is 0 Å². The number of nitrogens with one attached hydrogen (secondary N) is 1. The maximum absolute atomic E-state index is 12.3. The summed E-state index contributed by atoms with van der Waals surface area (Å²) in [5.74, 6) is -1.19. The van der Waals surface area contributed by atoms with Crippen LogP contribution in [0.1, 0.15) is 16.8 Å². The lowest BCUT2D eigenvalue weighted by molar-refractivity contribution is -0.139. The Balaban J connectivity index is 2.10. The Hall–Kier alpha value is -2.34. The van der Waals surface area contributed by atoms with E-state index in [0.29, 0.717) is 5.56 Å². The summed E-state index contributed by atoms with van der Waals surface area (Å²) in [6, 6.07) is 7.61. The lowest BCUT2D eigenvalue weighted by Crippen LogP contribution is -2.34. The molecule has 1 aromatic carbocycles. The highest BCUT2D eigenvalue weighted by atomic mass is 16.5. The number of hydrogen-bond donors (Lipinski definition) is 2. The number of rotatable bonds is 6. The minimum atomic E-state index is -0.957. The second kappa shape index (κ2) is 6.41. The molecule has 112 valence electrons. The molecule has 2 N–H and O–H groups in total. The van der Waals surface area contributed by atoms with Crippen molar-refractivity contribution in [2.45, 2.75) is 12.5 Å². The van der Waals surface area contributed by atoms with Crippen LogP contribution in [0, 0.1) is 0 Å². The molecule has 2 aromatic rings. The van der Waals surface area contributed by atoms with Crippen molar-refractivity contribution in [1.82, 2.24) is 9.88 Å². The van der Waals surface area contributed by atoms with Crippen LogP contribution < -0.4 is 5.32 Å². The van der Waals surface area contributed by atoms with Crippen LogP contribution >= 0.6 is 0 Å². The number of para-hydroxylation sites is 1. The van der Waals surface area contributed by atoms with Crippen molar-refractivity contribution >= 4 is 22.8 Å². The fourth-order valence-corrected chi connectivity index (χ4v) is 2.26. The van der Waals surface area contributed by atoms with Gasteiger partial charge >= 0.3 is 5.97 Å². The number of carboxylic acids is 1. The number of aromatic nitrogens is 1. The molecule has 1 amide bonds.